The van der Waals surface area contributed by atoms with E-state index in [1.54, 1.807) is 35.9 Å². The van der Waals surface area contributed by atoms with Crippen LogP contribution in [-0.2, 0) is 22.1 Å². The highest BCUT2D eigenvalue weighted by Crippen LogP contribution is 2.25. The van der Waals surface area contributed by atoms with Crippen LogP contribution in [0.3, 0.4) is 0 Å². The van der Waals surface area contributed by atoms with Crippen LogP contribution >= 0.6 is 0 Å². The maximum atomic E-state index is 12.6. The zero-order valence-corrected chi connectivity index (χ0v) is 15.3. The SMILES string of the molecule is Cc1nn(C)c(C)c1C(C)C(=O)NCC(C)(C(=O)O)c1ccccc1. The number of carboxylic acids is 1. The van der Waals surface area contributed by atoms with Crippen molar-refractivity contribution in [3.05, 3.63) is 52.8 Å². The van der Waals surface area contributed by atoms with Gasteiger partial charge in [-0.05, 0) is 33.3 Å². The normalized spacial score (nSPS) is 14.6. The van der Waals surface area contributed by atoms with Crippen LogP contribution in [0.15, 0.2) is 30.3 Å². The molecule has 0 bridgehead atoms. The third kappa shape index (κ3) is 3.57. The summed E-state index contributed by atoms with van der Waals surface area (Å²) < 4.78 is 1.75. The monoisotopic (exact) mass is 343 g/mol. The van der Waals surface area contributed by atoms with Crippen molar-refractivity contribution in [2.75, 3.05) is 6.54 Å². The number of aliphatic carboxylic acids is 1. The van der Waals surface area contributed by atoms with E-state index in [1.165, 1.54) is 0 Å². The van der Waals surface area contributed by atoms with E-state index in [9.17, 15) is 14.7 Å². The molecular formula is C19H25N3O3. The van der Waals surface area contributed by atoms with Crippen molar-refractivity contribution < 1.29 is 14.7 Å². The van der Waals surface area contributed by atoms with Gasteiger partial charge in [0.2, 0.25) is 5.91 Å². The third-order valence-corrected chi connectivity index (χ3v) is 4.89. The summed E-state index contributed by atoms with van der Waals surface area (Å²) in [4.78, 5) is 24.4. The van der Waals surface area contributed by atoms with Crippen LogP contribution in [0.2, 0.25) is 0 Å². The van der Waals surface area contributed by atoms with E-state index in [-0.39, 0.29) is 12.5 Å². The Morgan fingerprint density at radius 2 is 1.88 bits per heavy atom. The number of aryl methyl sites for hydroxylation is 2. The third-order valence-electron chi connectivity index (χ3n) is 4.89. The number of hydrogen-bond donors (Lipinski definition) is 2. The molecule has 0 aliphatic heterocycles. The lowest BCUT2D eigenvalue weighted by Gasteiger charge is -2.26. The molecular weight excluding hydrogens is 318 g/mol. The van der Waals surface area contributed by atoms with Crippen LogP contribution in [0.5, 0.6) is 0 Å². The average molecular weight is 343 g/mol. The molecule has 0 radical (unpaired) electrons. The van der Waals surface area contributed by atoms with E-state index in [0.717, 1.165) is 17.0 Å². The largest absolute Gasteiger partial charge is 0.481 e. The minimum atomic E-state index is -1.18. The molecule has 0 saturated heterocycles. The van der Waals surface area contributed by atoms with Gasteiger partial charge in [0.15, 0.2) is 0 Å². The molecule has 2 unspecified atom stereocenters. The predicted octanol–water partition coefficient (Wildman–Crippen LogP) is 2.30. The minimum Gasteiger partial charge on any atom is -0.481 e. The van der Waals surface area contributed by atoms with E-state index in [4.69, 9.17) is 0 Å². The first-order chi connectivity index (χ1) is 11.7. The second-order valence-electron chi connectivity index (χ2n) is 6.65. The van der Waals surface area contributed by atoms with Crippen LogP contribution in [0.4, 0.5) is 0 Å². The molecule has 0 spiro atoms. The van der Waals surface area contributed by atoms with Crippen molar-refractivity contribution in [2.24, 2.45) is 7.05 Å². The van der Waals surface area contributed by atoms with Crippen LogP contribution in [0.25, 0.3) is 0 Å². The first-order valence-electron chi connectivity index (χ1n) is 8.25. The van der Waals surface area contributed by atoms with Gasteiger partial charge in [-0.2, -0.15) is 5.10 Å². The molecule has 0 saturated carbocycles. The fourth-order valence-electron chi connectivity index (χ4n) is 3.07. The zero-order valence-electron chi connectivity index (χ0n) is 15.3. The Morgan fingerprint density at radius 1 is 1.28 bits per heavy atom. The van der Waals surface area contributed by atoms with Crippen LogP contribution in [-0.4, -0.2) is 33.3 Å². The summed E-state index contributed by atoms with van der Waals surface area (Å²) in [5.41, 5.74) is 2.10. The van der Waals surface area contributed by atoms with Crippen molar-refractivity contribution in [1.29, 1.82) is 0 Å². The van der Waals surface area contributed by atoms with Gasteiger partial charge in [0.25, 0.3) is 0 Å². The molecule has 0 aliphatic rings. The first-order valence-corrected chi connectivity index (χ1v) is 8.25. The molecule has 1 heterocycles. The summed E-state index contributed by atoms with van der Waals surface area (Å²) in [5, 5.41) is 16.8. The van der Waals surface area contributed by atoms with Crippen LogP contribution < -0.4 is 5.32 Å². The number of benzene rings is 1. The Bertz CT molecular complexity index is 783. The van der Waals surface area contributed by atoms with E-state index >= 15 is 0 Å². The topological polar surface area (TPSA) is 84.2 Å². The predicted molar refractivity (Wildman–Crippen MR) is 95.5 cm³/mol. The Labute approximate surface area is 147 Å². The van der Waals surface area contributed by atoms with Gasteiger partial charge in [-0.25, -0.2) is 0 Å². The number of hydrogen-bond acceptors (Lipinski definition) is 3. The fourth-order valence-corrected chi connectivity index (χ4v) is 3.07. The zero-order chi connectivity index (χ0) is 18.8. The molecule has 134 valence electrons. The highest BCUT2D eigenvalue weighted by molar-refractivity contribution is 5.86. The molecule has 2 atom stereocenters. The van der Waals surface area contributed by atoms with Crippen molar-refractivity contribution in [2.45, 2.75) is 39.0 Å². The maximum absolute atomic E-state index is 12.6. The lowest BCUT2D eigenvalue weighted by molar-refractivity contribution is -0.143. The Morgan fingerprint density at radius 3 is 2.36 bits per heavy atom. The number of amides is 1. The van der Waals surface area contributed by atoms with E-state index < -0.39 is 17.3 Å². The highest BCUT2D eigenvalue weighted by atomic mass is 16.4. The number of carboxylic acid groups (broad SMARTS) is 1. The van der Waals surface area contributed by atoms with Gasteiger partial charge >= 0.3 is 5.97 Å². The van der Waals surface area contributed by atoms with Gasteiger partial charge in [-0.3, -0.25) is 14.3 Å². The Kier molecular flexibility index (Phi) is 5.30. The number of rotatable bonds is 6. The van der Waals surface area contributed by atoms with Crippen LogP contribution in [0, 0.1) is 13.8 Å². The number of nitrogens with zero attached hydrogens (tertiary/aromatic N) is 2. The lowest BCUT2D eigenvalue weighted by Crippen LogP contribution is -2.45. The molecule has 2 aromatic rings. The van der Waals surface area contributed by atoms with Crippen molar-refractivity contribution in [3.8, 4) is 0 Å². The van der Waals surface area contributed by atoms with Gasteiger partial charge in [0, 0.05) is 24.8 Å². The Balaban J connectivity index is 2.18. The molecule has 25 heavy (non-hydrogen) atoms. The summed E-state index contributed by atoms with van der Waals surface area (Å²) in [7, 11) is 1.84. The quantitative estimate of drug-likeness (QED) is 0.843. The van der Waals surface area contributed by atoms with Crippen molar-refractivity contribution in [1.82, 2.24) is 15.1 Å². The number of carbonyl (C=O) groups is 2. The van der Waals surface area contributed by atoms with Gasteiger partial charge in [0.05, 0.1) is 11.6 Å². The molecule has 2 rings (SSSR count). The van der Waals surface area contributed by atoms with E-state index in [0.29, 0.717) is 5.56 Å². The summed E-state index contributed by atoms with van der Waals surface area (Å²) in [5.74, 6) is -1.58. The molecule has 2 N–H and O–H groups in total. The van der Waals surface area contributed by atoms with E-state index in [1.807, 2.05) is 33.9 Å². The average Bonchev–Trinajstić information content (AvgIpc) is 2.84. The number of aromatic nitrogens is 2. The van der Waals surface area contributed by atoms with Crippen molar-refractivity contribution in [3.63, 3.8) is 0 Å². The standard InChI is InChI=1S/C19H25N3O3/c1-12(16-13(2)21-22(5)14(16)3)17(23)20-11-19(4,18(24)25)15-9-7-6-8-10-15/h6-10,12H,11H2,1-5H3,(H,20,23)(H,24,25). The van der Waals surface area contributed by atoms with Gasteiger partial charge in [-0.1, -0.05) is 30.3 Å². The summed E-state index contributed by atoms with van der Waals surface area (Å²) in [6.45, 7) is 7.25. The van der Waals surface area contributed by atoms with Gasteiger partial charge < -0.3 is 10.4 Å². The van der Waals surface area contributed by atoms with E-state index in [2.05, 4.69) is 10.4 Å². The lowest BCUT2D eigenvalue weighted by atomic mass is 9.82. The summed E-state index contributed by atoms with van der Waals surface area (Å²) >= 11 is 0. The second kappa shape index (κ2) is 7.09. The first kappa shape index (κ1) is 18.7. The number of carbonyl (C=O) groups excluding carboxylic acids is 1. The number of nitrogens with one attached hydrogen (secondary N) is 1. The van der Waals surface area contributed by atoms with Crippen LogP contribution in [0.1, 0.15) is 42.3 Å². The molecule has 1 aromatic carbocycles. The molecule has 0 fully saturated rings. The molecule has 1 amide bonds. The highest BCUT2D eigenvalue weighted by Gasteiger charge is 2.36. The molecule has 0 aliphatic carbocycles. The Hall–Kier alpha value is -2.63. The van der Waals surface area contributed by atoms with Crippen molar-refractivity contribution >= 4 is 11.9 Å². The van der Waals surface area contributed by atoms with Gasteiger partial charge in [0.1, 0.15) is 5.41 Å². The molecule has 6 nitrogen and oxygen atoms in total. The second-order valence-corrected chi connectivity index (χ2v) is 6.65. The molecule has 1 aromatic heterocycles. The maximum Gasteiger partial charge on any atom is 0.315 e. The summed E-state index contributed by atoms with van der Waals surface area (Å²) in [6, 6.07) is 8.95. The van der Waals surface area contributed by atoms with Gasteiger partial charge in [-0.15, -0.1) is 0 Å². The minimum absolute atomic E-state index is 0.0217. The molecule has 6 heteroatoms. The summed E-state index contributed by atoms with van der Waals surface area (Å²) in [6.07, 6.45) is 0. The fraction of sp³-hybridized carbons (Fsp3) is 0.421. The smallest absolute Gasteiger partial charge is 0.315 e.